The lowest BCUT2D eigenvalue weighted by atomic mass is 9.80. The largest absolute Gasteiger partial charge is 0.389 e. The van der Waals surface area contributed by atoms with Crippen LogP contribution in [0.1, 0.15) is 32.6 Å². The van der Waals surface area contributed by atoms with E-state index in [-0.39, 0.29) is 0 Å². The average Bonchev–Trinajstić information content (AvgIpc) is 2.29. The van der Waals surface area contributed by atoms with Gasteiger partial charge in [-0.25, -0.2) is 0 Å². The first-order chi connectivity index (χ1) is 8.05. The third-order valence-corrected chi connectivity index (χ3v) is 4.87. The first-order valence-corrected chi connectivity index (χ1v) is 7.32. The summed E-state index contributed by atoms with van der Waals surface area (Å²) in [5, 5.41) is 10.1. The number of hydrogen-bond donors (Lipinski definition) is 2. The molecule has 1 N–H and O–H groups in total. The van der Waals surface area contributed by atoms with E-state index < -0.39 is 5.60 Å². The number of piperidine rings is 1. The first-order valence-electron chi connectivity index (χ1n) is 6.69. The lowest BCUT2D eigenvalue weighted by Gasteiger charge is -2.44. The van der Waals surface area contributed by atoms with Gasteiger partial charge in [0, 0.05) is 26.3 Å². The summed E-state index contributed by atoms with van der Waals surface area (Å²) < 4.78 is 5.45. The van der Waals surface area contributed by atoms with Crippen LogP contribution in [0.15, 0.2) is 0 Å². The predicted octanol–water partition coefficient (Wildman–Crippen LogP) is 1.56. The second-order valence-electron chi connectivity index (χ2n) is 6.08. The Morgan fingerprint density at radius 2 is 2.00 bits per heavy atom. The Bertz CT molecular complexity index is 252. The van der Waals surface area contributed by atoms with Gasteiger partial charge in [0.2, 0.25) is 0 Å². The van der Waals surface area contributed by atoms with Gasteiger partial charge >= 0.3 is 0 Å². The number of likely N-dealkylation sites (tertiary alicyclic amines) is 1. The molecule has 0 bridgehead atoms. The second-order valence-corrected chi connectivity index (χ2v) is 6.40. The van der Waals surface area contributed by atoms with Crippen LogP contribution in [0.4, 0.5) is 0 Å². The Kier molecular flexibility index (Phi) is 4.40. The minimum Gasteiger partial charge on any atom is -0.389 e. The minimum atomic E-state index is -0.499. The SMILES string of the molecule is CC1(O)CCCN(CC2(CS)CCOCC2)C1. The van der Waals surface area contributed by atoms with Gasteiger partial charge in [0.1, 0.15) is 0 Å². The van der Waals surface area contributed by atoms with Gasteiger partial charge < -0.3 is 9.84 Å². The van der Waals surface area contributed by atoms with Gasteiger partial charge in [-0.05, 0) is 50.3 Å². The number of rotatable bonds is 3. The van der Waals surface area contributed by atoms with Crippen molar-refractivity contribution in [1.29, 1.82) is 0 Å². The summed E-state index contributed by atoms with van der Waals surface area (Å²) in [4.78, 5) is 2.42. The fourth-order valence-corrected chi connectivity index (χ4v) is 3.52. The molecule has 100 valence electrons. The Morgan fingerprint density at radius 1 is 1.29 bits per heavy atom. The number of hydrogen-bond acceptors (Lipinski definition) is 4. The van der Waals surface area contributed by atoms with Crippen molar-refractivity contribution in [3.05, 3.63) is 0 Å². The van der Waals surface area contributed by atoms with E-state index in [9.17, 15) is 5.11 Å². The summed E-state index contributed by atoms with van der Waals surface area (Å²) in [7, 11) is 0. The molecule has 0 aromatic rings. The van der Waals surface area contributed by atoms with Gasteiger partial charge in [0.05, 0.1) is 5.60 Å². The molecule has 0 aliphatic carbocycles. The van der Waals surface area contributed by atoms with E-state index in [4.69, 9.17) is 4.74 Å². The summed E-state index contributed by atoms with van der Waals surface area (Å²) in [5.74, 6) is 0.926. The smallest absolute Gasteiger partial charge is 0.0746 e. The van der Waals surface area contributed by atoms with Gasteiger partial charge in [-0.2, -0.15) is 12.6 Å². The van der Waals surface area contributed by atoms with Gasteiger partial charge in [-0.15, -0.1) is 0 Å². The third-order valence-electron chi connectivity index (χ3n) is 4.20. The average molecular weight is 259 g/mol. The zero-order valence-corrected chi connectivity index (χ0v) is 11.7. The quantitative estimate of drug-likeness (QED) is 0.755. The summed E-state index contributed by atoms with van der Waals surface area (Å²) in [6.45, 7) is 6.68. The molecule has 2 aliphatic heterocycles. The van der Waals surface area contributed by atoms with Crippen LogP contribution in [0.3, 0.4) is 0 Å². The van der Waals surface area contributed by atoms with E-state index in [2.05, 4.69) is 17.5 Å². The van der Waals surface area contributed by atoms with E-state index in [1.54, 1.807) is 0 Å². The number of β-amino-alcohol motifs (C(OH)–C–C–N with tert-alkyl or cyclic N) is 1. The lowest BCUT2D eigenvalue weighted by molar-refractivity contribution is -0.0441. The maximum Gasteiger partial charge on any atom is 0.0746 e. The maximum atomic E-state index is 10.1. The molecule has 2 heterocycles. The Labute approximate surface area is 110 Å². The summed E-state index contributed by atoms with van der Waals surface area (Å²) in [6.07, 6.45) is 4.25. The van der Waals surface area contributed by atoms with Crippen LogP contribution in [0.2, 0.25) is 0 Å². The monoisotopic (exact) mass is 259 g/mol. The molecule has 0 saturated carbocycles. The van der Waals surface area contributed by atoms with Crippen molar-refractivity contribution < 1.29 is 9.84 Å². The van der Waals surface area contributed by atoms with Crippen molar-refractivity contribution in [2.45, 2.75) is 38.2 Å². The highest BCUT2D eigenvalue weighted by molar-refractivity contribution is 7.80. The number of nitrogens with zero attached hydrogens (tertiary/aromatic N) is 1. The standard InChI is InChI=1S/C13H25NO2S/c1-12(15)3-2-6-14(9-12)10-13(11-17)4-7-16-8-5-13/h15,17H,2-11H2,1H3. The van der Waals surface area contributed by atoms with Crippen LogP contribution in [-0.2, 0) is 4.74 Å². The fourth-order valence-electron chi connectivity index (χ4n) is 3.10. The van der Waals surface area contributed by atoms with Crippen LogP contribution in [0, 0.1) is 5.41 Å². The zero-order valence-electron chi connectivity index (χ0n) is 10.8. The molecule has 0 spiro atoms. The lowest BCUT2D eigenvalue weighted by Crippen LogP contribution is -2.51. The zero-order chi connectivity index (χ0) is 12.4. The molecule has 0 aromatic heterocycles. The van der Waals surface area contributed by atoms with Crippen molar-refractivity contribution in [2.24, 2.45) is 5.41 Å². The van der Waals surface area contributed by atoms with E-state index in [1.807, 2.05) is 6.92 Å². The number of ether oxygens (including phenoxy) is 1. The van der Waals surface area contributed by atoms with Crippen molar-refractivity contribution in [3.8, 4) is 0 Å². The molecule has 1 atom stereocenters. The van der Waals surface area contributed by atoms with Crippen molar-refractivity contribution in [2.75, 3.05) is 38.6 Å². The predicted molar refractivity (Wildman–Crippen MR) is 72.6 cm³/mol. The molecular formula is C13H25NO2S. The van der Waals surface area contributed by atoms with Crippen LogP contribution < -0.4 is 0 Å². The van der Waals surface area contributed by atoms with Gasteiger partial charge in [-0.1, -0.05) is 0 Å². The summed E-state index contributed by atoms with van der Waals surface area (Å²) >= 11 is 4.55. The number of aliphatic hydroxyl groups is 1. The Hall–Kier alpha value is 0.230. The highest BCUT2D eigenvalue weighted by atomic mass is 32.1. The molecule has 3 nitrogen and oxygen atoms in total. The molecule has 0 aromatic carbocycles. The van der Waals surface area contributed by atoms with Gasteiger partial charge in [-0.3, -0.25) is 4.90 Å². The van der Waals surface area contributed by atoms with E-state index in [0.29, 0.717) is 5.41 Å². The molecule has 2 saturated heterocycles. The highest BCUT2D eigenvalue weighted by Crippen LogP contribution is 2.34. The molecule has 17 heavy (non-hydrogen) atoms. The van der Waals surface area contributed by atoms with Crippen LogP contribution in [-0.4, -0.2) is 54.2 Å². The van der Waals surface area contributed by atoms with E-state index in [0.717, 1.165) is 64.3 Å². The topological polar surface area (TPSA) is 32.7 Å². The second kappa shape index (κ2) is 5.47. The van der Waals surface area contributed by atoms with Crippen molar-refractivity contribution in [1.82, 2.24) is 4.90 Å². The first kappa shape index (κ1) is 13.7. The number of thiol groups is 1. The van der Waals surface area contributed by atoms with Crippen LogP contribution in [0.25, 0.3) is 0 Å². The molecule has 4 heteroatoms. The van der Waals surface area contributed by atoms with Crippen LogP contribution >= 0.6 is 12.6 Å². The van der Waals surface area contributed by atoms with Gasteiger partial charge in [0.25, 0.3) is 0 Å². The molecule has 1 unspecified atom stereocenters. The maximum absolute atomic E-state index is 10.1. The fraction of sp³-hybridized carbons (Fsp3) is 1.00. The minimum absolute atomic E-state index is 0.300. The molecular weight excluding hydrogens is 234 g/mol. The van der Waals surface area contributed by atoms with E-state index in [1.165, 1.54) is 0 Å². The molecule has 0 amide bonds. The molecule has 2 fully saturated rings. The Morgan fingerprint density at radius 3 is 2.59 bits per heavy atom. The van der Waals surface area contributed by atoms with Gasteiger partial charge in [0.15, 0.2) is 0 Å². The molecule has 2 rings (SSSR count). The van der Waals surface area contributed by atoms with Crippen molar-refractivity contribution in [3.63, 3.8) is 0 Å². The normalized spacial score (nSPS) is 34.8. The molecule has 0 radical (unpaired) electrons. The summed E-state index contributed by atoms with van der Waals surface area (Å²) in [5.41, 5.74) is -0.198. The third kappa shape index (κ3) is 3.60. The molecule has 2 aliphatic rings. The van der Waals surface area contributed by atoms with E-state index >= 15 is 0 Å². The Balaban J connectivity index is 1.93. The summed E-state index contributed by atoms with van der Waals surface area (Å²) in [6, 6.07) is 0. The highest BCUT2D eigenvalue weighted by Gasteiger charge is 2.36. The van der Waals surface area contributed by atoms with Crippen LogP contribution in [0.5, 0.6) is 0 Å². The van der Waals surface area contributed by atoms with Crippen molar-refractivity contribution >= 4 is 12.6 Å².